The predicted molar refractivity (Wildman–Crippen MR) is 93.9 cm³/mol. The van der Waals surface area contributed by atoms with Gasteiger partial charge in [-0.1, -0.05) is 41.9 Å². The maximum Gasteiger partial charge on any atom is 0.308 e. The van der Waals surface area contributed by atoms with Crippen LogP contribution in [0.3, 0.4) is 0 Å². The van der Waals surface area contributed by atoms with E-state index in [4.69, 9.17) is 16.3 Å². The van der Waals surface area contributed by atoms with Crippen molar-refractivity contribution in [1.82, 2.24) is 5.32 Å². The molecule has 6 heteroatoms. The SMILES string of the molecule is O=C(O)C(CNC(=O)C1Cc2cc(Cl)ccc2O1)Cc1ccccc1. The van der Waals surface area contributed by atoms with Crippen molar-refractivity contribution in [3.05, 3.63) is 64.7 Å². The lowest BCUT2D eigenvalue weighted by molar-refractivity contribution is -0.141. The van der Waals surface area contributed by atoms with Gasteiger partial charge in [0, 0.05) is 18.0 Å². The van der Waals surface area contributed by atoms with E-state index >= 15 is 0 Å². The lowest BCUT2D eigenvalue weighted by Gasteiger charge is -2.16. The maximum absolute atomic E-state index is 12.3. The smallest absolute Gasteiger partial charge is 0.308 e. The van der Waals surface area contributed by atoms with Crippen molar-refractivity contribution in [3.8, 4) is 5.75 Å². The summed E-state index contributed by atoms with van der Waals surface area (Å²) in [6, 6.07) is 14.6. The molecule has 2 N–H and O–H groups in total. The Kier molecular flexibility index (Phi) is 5.24. The van der Waals surface area contributed by atoms with Crippen LogP contribution in [0, 0.1) is 5.92 Å². The molecule has 0 bridgehead atoms. The van der Waals surface area contributed by atoms with Crippen molar-refractivity contribution in [2.45, 2.75) is 18.9 Å². The first-order valence-corrected chi connectivity index (χ1v) is 8.40. The standard InChI is InChI=1S/C19H18ClNO4/c20-15-6-7-16-13(9-15)10-17(25-16)18(22)21-11-14(19(23)24)8-12-4-2-1-3-5-12/h1-7,9,14,17H,8,10-11H2,(H,21,22)(H,23,24). The highest BCUT2D eigenvalue weighted by molar-refractivity contribution is 6.30. The molecule has 3 rings (SSSR count). The Hall–Kier alpha value is -2.53. The number of carbonyl (C=O) groups excluding carboxylic acids is 1. The molecule has 2 aromatic carbocycles. The lowest BCUT2D eigenvalue weighted by Crippen LogP contribution is -2.41. The highest BCUT2D eigenvalue weighted by Crippen LogP contribution is 2.31. The third-order valence-corrected chi connectivity index (χ3v) is 4.42. The fourth-order valence-corrected chi connectivity index (χ4v) is 3.04. The van der Waals surface area contributed by atoms with Crippen molar-refractivity contribution >= 4 is 23.5 Å². The number of fused-ring (bicyclic) bond motifs is 1. The second kappa shape index (κ2) is 7.57. The van der Waals surface area contributed by atoms with Gasteiger partial charge in [0.2, 0.25) is 0 Å². The van der Waals surface area contributed by atoms with E-state index < -0.39 is 18.0 Å². The molecule has 5 nitrogen and oxygen atoms in total. The van der Waals surface area contributed by atoms with Gasteiger partial charge in [0.15, 0.2) is 6.10 Å². The van der Waals surface area contributed by atoms with Crippen LogP contribution in [0.5, 0.6) is 5.75 Å². The first-order valence-electron chi connectivity index (χ1n) is 8.02. The molecule has 2 unspecified atom stereocenters. The Balaban J connectivity index is 1.56. The van der Waals surface area contributed by atoms with E-state index in [1.807, 2.05) is 30.3 Å². The first kappa shape index (κ1) is 17.3. The zero-order valence-electron chi connectivity index (χ0n) is 13.4. The highest BCUT2D eigenvalue weighted by Gasteiger charge is 2.30. The second-order valence-corrected chi connectivity index (χ2v) is 6.47. The summed E-state index contributed by atoms with van der Waals surface area (Å²) in [7, 11) is 0. The molecule has 0 saturated carbocycles. The summed E-state index contributed by atoms with van der Waals surface area (Å²) in [5.74, 6) is -1.30. The molecule has 1 heterocycles. The zero-order chi connectivity index (χ0) is 17.8. The average Bonchev–Trinajstić information content (AvgIpc) is 3.02. The number of carboxylic acid groups (broad SMARTS) is 1. The Bertz CT molecular complexity index is 778. The molecule has 2 aromatic rings. The molecule has 0 saturated heterocycles. The molecule has 2 atom stereocenters. The quantitative estimate of drug-likeness (QED) is 0.831. The molecule has 0 radical (unpaired) electrons. The molecule has 0 aliphatic carbocycles. The zero-order valence-corrected chi connectivity index (χ0v) is 14.2. The van der Waals surface area contributed by atoms with E-state index in [1.165, 1.54) is 0 Å². The molecule has 0 spiro atoms. The van der Waals surface area contributed by atoms with Gasteiger partial charge >= 0.3 is 5.97 Å². The van der Waals surface area contributed by atoms with Crippen LogP contribution in [-0.2, 0) is 22.4 Å². The largest absolute Gasteiger partial charge is 0.481 e. The van der Waals surface area contributed by atoms with E-state index in [1.54, 1.807) is 18.2 Å². The summed E-state index contributed by atoms with van der Waals surface area (Å²) in [5.41, 5.74) is 1.80. The first-order chi connectivity index (χ1) is 12.0. The predicted octanol–water partition coefficient (Wildman–Crippen LogP) is 2.70. The number of halogens is 1. The van der Waals surface area contributed by atoms with Gasteiger partial charge in [-0.3, -0.25) is 9.59 Å². The number of ether oxygens (including phenoxy) is 1. The maximum atomic E-state index is 12.3. The molecule has 1 aliphatic heterocycles. The summed E-state index contributed by atoms with van der Waals surface area (Å²) in [6.07, 6.45) is 0.135. The van der Waals surface area contributed by atoms with E-state index in [2.05, 4.69) is 5.32 Å². The van der Waals surface area contributed by atoms with Gasteiger partial charge in [-0.15, -0.1) is 0 Å². The lowest BCUT2D eigenvalue weighted by atomic mass is 9.99. The molecule has 0 fully saturated rings. The van der Waals surface area contributed by atoms with E-state index in [9.17, 15) is 14.7 Å². The van der Waals surface area contributed by atoms with Gasteiger partial charge in [0.25, 0.3) is 5.91 Å². The minimum absolute atomic E-state index is 0.0556. The summed E-state index contributed by atoms with van der Waals surface area (Å²) < 4.78 is 5.62. The summed E-state index contributed by atoms with van der Waals surface area (Å²) >= 11 is 5.94. The Labute approximate surface area is 150 Å². The van der Waals surface area contributed by atoms with Crippen LogP contribution in [0.25, 0.3) is 0 Å². The van der Waals surface area contributed by atoms with Gasteiger partial charge in [0.05, 0.1) is 5.92 Å². The molecule has 1 amide bonds. The van der Waals surface area contributed by atoms with Crippen molar-refractivity contribution in [2.75, 3.05) is 6.54 Å². The minimum atomic E-state index is -0.938. The normalized spacial score (nSPS) is 16.6. The van der Waals surface area contributed by atoms with Gasteiger partial charge in [0.1, 0.15) is 5.75 Å². The molecule has 25 heavy (non-hydrogen) atoms. The van der Waals surface area contributed by atoms with Gasteiger partial charge < -0.3 is 15.2 Å². The summed E-state index contributed by atoms with van der Waals surface area (Å²) in [6.45, 7) is 0.0556. The van der Waals surface area contributed by atoms with Gasteiger partial charge in [-0.2, -0.15) is 0 Å². The molecular weight excluding hydrogens is 342 g/mol. The van der Waals surface area contributed by atoms with Crippen molar-refractivity contribution in [1.29, 1.82) is 0 Å². The number of nitrogens with one attached hydrogen (secondary N) is 1. The summed E-state index contributed by atoms with van der Waals surface area (Å²) in [5, 5.41) is 12.7. The Morgan fingerprint density at radius 3 is 2.72 bits per heavy atom. The van der Waals surface area contributed by atoms with Gasteiger partial charge in [-0.25, -0.2) is 0 Å². The molecule has 1 aliphatic rings. The highest BCUT2D eigenvalue weighted by atomic mass is 35.5. The fraction of sp³-hybridized carbons (Fsp3) is 0.263. The Morgan fingerprint density at radius 1 is 1.24 bits per heavy atom. The molecular formula is C19H18ClNO4. The van der Waals surface area contributed by atoms with Crippen molar-refractivity contribution in [2.24, 2.45) is 5.92 Å². The minimum Gasteiger partial charge on any atom is -0.481 e. The third-order valence-electron chi connectivity index (χ3n) is 4.19. The average molecular weight is 360 g/mol. The second-order valence-electron chi connectivity index (χ2n) is 6.03. The van der Waals surface area contributed by atoms with Crippen LogP contribution in [0.1, 0.15) is 11.1 Å². The van der Waals surface area contributed by atoms with Crippen LogP contribution < -0.4 is 10.1 Å². The summed E-state index contributed by atoms with van der Waals surface area (Å²) in [4.78, 5) is 23.8. The molecule has 0 aromatic heterocycles. The van der Waals surface area contributed by atoms with Crippen LogP contribution in [0.15, 0.2) is 48.5 Å². The van der Waals surface area contributed by atoms with Crippen LogP contribution >= 0.6 is 11.6 Å². The number of carbonyl (C=O) groups is 2. The third kappa shape index (κ3) is 4.31. The number of rotatable bonds is 6. The van der Waals surface area contributed by atoms with Crippen molar-refractivity contribution in [3.63, 3.8) is 0 Å². The topological polar surface area (TPSA) is 75.6 Å². The van der Waals surface area contributed by atoms with Crippen LogP contribution in [0.4, 0.5) is 0 Å². The van der Waals surface area contributed by atoms with E-state index in [0.717, 1.165) is 11.1 Å². The van der Waals surface area contributed by atoms with Crippen molar-refractivity contribution < 1.29 is 19.4 Å². The molecule has 130 valence electrons. The number of benzene rings is 2. The van der Waals surface area contributed by atoms with Crippen LogP contribution in [-0.4, -0.2) is 29.6 Å². The van der Waals surface area contributed by atoms with Crippen LogP contribution in [0.2, 0.25) is 5.02 Å². The van der Waals surface area contributed by atoms with Gasteiger partial charge in [-0.05, 0) is 35.7 Å². The number of hydrogen-bond donors (Lipinski definition) is 2. The number of carboxylic acids is 1. The monoisotopic (exact) mass is 359 g/mol. The van der Waals surface area contributed by atoms with E-state index in [-0.39, 0.29) is 12.5 Å². The number of amides is 1. The number of hydrogen-bond acceptors (Lipinski definition) is 3. The Morgan fingerprint density at radius 2 is 2.00 bits per heavy atom. The fourth-order valence-electron chi connectivity index (χ4n) is 2.85. The van der Waals surface area contributed by atoms with E-state index in [0.29, 0.717) is 23.6 Å². The number of aliphatic carboxylic acids is 1.